The van der Waals surface area contributed by atoms with Crippen molar-refractivity contribution in [3.63, 3.8) is 0 Å². The minimum Gasteiger partial charge on any atom is -0.444 e. The standard InChI is InChI=1S/C17H26FN3O2/c1-11-8-13(10-21(11)5)19-15-9-12(18)6-7-14(15)20-16(22)23-17(2,3)4/h6-7,9,11,13,19H,8,10H2,1-5H3,(H,20,22). The third kappa shape index (κ3) is 5.10. The Kier molecular flexibility index (Phi) is 5.14. The molecule has 2 unspecified atom stereocenters. The maximum absolute atomic E-state index is 13.6. The van der Waals surface area contributed by atoms with E-state index in [1.807, 2.05) is 0 Å². The molecule has 1 saturated heterocycles. The van der Waals surface area contributed by atoms with Gasteiger partial charge in [0.1, 0.15) is 11.4 Å². The van der Waals surface area contributed by atoms with Crippen LogP contribution in [0.5, 0.6) is 0 Å². The molecule has 1 aliphatic rings. The number of ether oxygens (including phenoxy) is 1. The van der Waals surface area contributed by atoms with Crippen molar-refractivity contribution in [2.24, 2.45) is 0 Å². The van der Waals surface area contributed by atoms with Gasteiger partial charge in [0.15, 0.2) is 0 Å². The van der Waals surface area contributed by atoms with E-state index in [9.17, 15) is 9.18 Å². The number of likely N-dealkylation sites (N-methyl/N-ethyl adjacent to an activating group) is 1. The minimum atomic E-state index is -0.582. The van der Waals surface area contributed by atoms with Gasteiger partial charge in [0, 0.05) is 18.6 Å². The first kappa shape index (κ1) is 17.5. The van der Waals surface area contributed by atoms with Crippen LogP contribution in [0.4, 0.5) is 20.6 Å². The van der Waals surface area contributed by atoms with Gasteiger partial charge in [0.05, 0.1) is 11.4 Å². The monoisotopic (exact) mass is 323 g/mol. The average molecular weight is 323 g/mol. The predicted molar refractivity (Wildman–Crippen MR) is 90.4 cm³/mol. The number of hydrogen-bond acceptors (Lipinski definition) is 4. The number of hydrogen-bond donors (Lipinski definition) is 2. The zero-order valence-electron chi connectivity index (χ0n) is 14.4. The lowest BCUT2D eigenvalue weighted by Gasteiger charge is -2.21. The van der Waals surface area contributed by atoms with Crippen molar-refractivity contribution in [1.82, 2.24) is 4.90 Å². The Morgan fingerprint density at radius 1 is 1.35 bits per heavy atom. The van der Waals surface area contributed by atoms with E-state index in [0.717, 1.165) is 13.0 Å². The average Bonchev–Trinajstić information content (AvgIpc) is 2.69. The summed E-state index contributed by atoms with van der Waals surface area (Å²) < 4.78 is 18.8. The number of likely N-dealkylation sites (tertiary alicyclic amines) is 1. The van der Waals surface area contributed by atoms with Crippen LogP contribution in [0.3, 0.4) is 0 Å². The van der Waals surface area contributed by atoms with E-state index < -0.39 is 11.7 Å². The summed E-state index contributed by atoms with van der Waals surface area (Å²) in [6.45, 7) is 8.43. The molecule has 0 aliphatic carbocycles. The number of amides is 1. The molecule has 1 heterocycles. The Morgan fingerprint density at radius 2 is 2.04 bits per heavy atom. The minimum absolute atomic E-state index is 0.219. The van der Waals surface area contributed by atoms with Crippen LogP contribution in [0, 0.1) is 5.82 Å². The van der Waals surface area contributed by atoms with E-state index >= 15 is 0 Å². The van der Waals surface area contributed by atoms with Gasteiger partial charge in [-0.1, -0.05) is 0 Å². The molecule has 2 rings (SSSR count). The summed E-state index contributed by atoms with van der Waals surface area (Å²) in [6, 6.07) is 4.96. The number of nitrogens with one attached hydrogen (secondary N) is 2. The van der Waals surface area contributed by atoms with E-state index in [1.54, 1.807) is 26.8 Å². The first-order chi connectivity index (χ1) is 10.6. The fourth-order valence-corrected chi connectivity index (χ4v) is 2.68. The number of nitrogens with zero attached hydrogens (tertiary/aromatic N) is 1. The van der Waals surface area contributed by atoms with Crippen LogP contribution in [0.1, 0.15) is 34.1 Å². The molecular formula is C17H26FN3O2. The van der Waals surface area contributed by atoms with E-state index in [-0.39, 0.29) is 11.9 Å². The molecule has 1 amide bonds. The van der Waals surface area contributed by atoms with Crippen LogP contribution in [-0.4, -0.2) is 42.3 Å². The van der Waals surface area contributed by atoms with Gasteiger partial charge in [-0.3, -0.25) is 5.32 Å². The highest BCUT2D eigenvalue weighted by molar-refractivity contribution is 5.89. The van der Waals surface area contributed by atoms with Crippen molar-refractivity contribution < 1.29 is 13.9 Å². The molecule has 0 bridgehead atoms. The van der Waals surface area contributed by atoms with Crippen LogP contribution in [0.15, 0.2) is 18.2 Å². The van der Waals surface area contributed by atoms with Crippen LogP contribution in [0.2, 0.25) is 0 Å². The van der Waals surface area contributed by atoms with Crippen molar-refractivity contribution in [3.8, 4) is 0 Å². The molecule has 0 aromatic heterocycles. The first-order valence-electron chi connectivity index (χ1n) is 7.90. The normalized spacial score (nSPS) is 22.0. The predicted octanol–water partition coefficient (Wildman–Crippen LogP) is 3.68. The lowest BCUT2D eigenvalue weighted by molar-refractivity contribution is 0.0636. The second-order valence-electron chi connectivity index (χ2n) is 7.18. The molecule has 0 spiro atoms. The maximum atomic E-state index is 13.6. The van der Waals surface area contributed by atoms with Crippen LogP contribution in [-0.2, 0) is 4.74 Å². The van der Waals surface area contributed by atoms with Crippen LogP contribution < -0.4 is 10.6 Å². The summed E-state index contributed by atoms with van der Waals surface area (Å²) in [5.41, 5.74) is 0.507. The number of halogens is 1. The van der Waals surface area contributed by atoms with Crippen molar-refractivity contribution in [2.75, 3.05) is 24.2 Å². The van der Waals surface area contributed by atoms with Crippen LogP contribution in [0.25, 0.3) is 0 Å². The number of carbonyl (C=O) groups is 1. The highest BCUT2D eigenvalue weighted by atomic mass is 19.1. The topological polar surface area (TPSA) is 53.6 Å². The van der Waals surface area contributed by atoms with Gasteiger partial charge in [-0.2, -0.15) is 0 Å². The van der Waals surface area contributed by atoms with E-state index in [4.69, 9.17) is 4.74 Å². The Hall–Kier alpha value is -1.82. The molecule has 5 nitrogen and oxygen atoms in total. The molecule has 6 heteroatoms. The van der Waals surface area contributed by atoms with E-state index in [2.05, 4.69) is 29.5 Å². The Bertz CT molecular complexity index is 561. The third-order valence-corrected chi connectivity index (χ3v) is 3.86. The molecule has 1 aromatic rings. The summed E-state index contributed by atoms with van der Waals surface area (Å²) in [7, 11) is 2.07. The second kappa shape index (κ2) is 6.74. The van der Waals surface area contributed by atoms with E-state index in [1.165, 1.54) is 12.1 Å². The van der Waals surface area contributed by atoms with Crippen molar-refractivity contribution >= 4 is 17.5 Å². The first-order valence-corrected chi connectivity index (χ1v) is 7.90. The molecule has 2 N–H and O–H groups in total. The van der Waals surface area contributed by atoms with Gasteiger partial charge in [0.25, 0.3) is 0 Å². The largest absolute Gasteiger partial charge is 0.444 e. The van der Waals surface area contributed by atoms with Crippen molar-refractivity contribution in [2.45, 2.75) is 51.8 Å². The number of rotatable bonds is 3. The molecule has 1 aromatic carbocycles. The fourth-order valence-electron chi connectivity index (χ4n) is 2.68. The van der Waals surface area contributed by atoms with Gasteiger partial charge < -0.3 is 15.0 Å². The molecule has 128 valence electrons. The van der Waals surface area contributed by atoms with E-state index in [0.29, 0.717) is 17.4 Å². The quantitative estimate of drug-likeness (QED) is 0.891. The summed E-state index contributed by atoms with van der Waals surface area (Å²) >= 11 is 0. The van der Waals surface area contributed by atoms with Crippen molar-refractivity contribution in [3.05, 3.63) is 24.0 Å². The zero-order valence-corrected chi connectivity index (χ0v) is 14.4. The molecule has 23 heavy (non-hydrogen) atoms. The van der Waals surface area contributed by atoms with Gasteiger partial charge >= 0.3 is 6.09 Å². The zero-order chi connectivity index (χ0) is 17.2. The molecule has 2 atom stereocenters. The fraction of sp³-hybridized carbons (Fsp3) is 0.588. The number of anilines is 2. The Balaban J connectivity index is 2.10. The molecular weight excluding hydrogens is 297 g/mol. The van der Waals surface area contributed by atoms with Gasteiger partial charge in [-0.15, -0.1) is 0 Å². The third-order valence-electron chi connectivity index (χ3n) is 3.86. The van der Waals surface area contributed by atoms with Gasteiger partial charge in [0.2, 0.25) is 0 Å². The summed E-state index contributed by atoms with van der Waals surface area (Å²) in [5, 5.41) is 6.01. The number of benzene rings is 1. The smallest absolute Gasteiger partial charge is 0.412 e. The molecule has 0 saturated carbocycles. The summed E-state index contributed by atoms with van der Waals surface area (Å²) in [5.74, 6) is -0.346. The van der Waals surface area contributed by atoms with Crippen molar-refractivity contribution in [1.29, 1.82) is 0 Å². The molecule has 1 aliphatic heterocycles. The van der Waals surface area contributed by atoms with Gasteiger partial charge in [-0.05, 0) is 59.4 Å². The molecule has 1 fully saturated rings. The second-order valence-corrected chi connectivity index (χ2v) is 7.18. The number of carbonyl (C=O) groups excluding carboxylic acids is 1. The maximum Gasteiger partial charge on any atom is 0.412 e. The summed E-state index contributed by atoms with van der Waals surface area (Å²) in [6.07, 6.45) is 0.419. The summed E-state index contributed by atoms with van der Waals surface area (Å²) in [4.78, 5) is 14.2. The highest BCUT2D eigenvalue weighted by Gasteiger charge is 2.26. The highest BCUT2D eigenvalue weighted by Crippen LogP contribution is 2.27. The lowest BCUT2D eigenvalue weighted by atomic mass is 10.1. The van der Waals surface area contributed by atoms with Gasteiger partial charge in [-0.25, -0.2) is 9.18 Å². The van der Waals surface area contributed by atoms with Crippen LogP contribution >= 0.6 is 0 Å². The lowest BCUT2D eigenvalue weighted by Crippen LogP contribution is -2.28. The molecule has 0 radical (unpaired) electrons. The SMILES string of the molecule is CC1CC(Nc2cc(F)ccc2NC(=O)OC(C)(C)C)CN1C. The Morgan fingerprint density at radius 3 is 2.61 bits per heavy atom. The Labute approximate surface area is 137 Å².